The molecular formula is C19H15N3O2S. The summed E-state index contributed by atoms with van der Waals surface area (Å²) in [5.41, 5.74) is 2.32. The third-order valence-corrected chi connectivity index (χ3v) is 5.09. The Bertz CT molecular complexity index is 968. The zero-order valence-electron chi connectivity index (χ0n) is 13.3. The van der Waals surface area contributed by atoms with Gasteiger partial charge in [0.2, 0.25) is 11.8 Å². The van der Waals surface area contributed by atoms with Gasteiger partial charge in [0.05, 0.1) is 22.6 Å². The smallest absolute Gasteiger partial charge is 0.244 e. The molecule has 0 unspecified atom stereocenters. The van der Waals surface area contributed by atoms with Crippen LogP contribution in [0.5, 0.6) is 0 Å². The van der Waals surface area contributed by atoms with Gasteiger partial charge in [-0.15, -0.1) is 11.8 Å². The summed E-state index contributed by atoms with van der Waals surface area (Å²) in [5, 5.41) is 3.82. The van der Waals surface area contributed by atoms with E-state index in [1.54, 1.807) is 17.2 Å². The minimum absolute atomic E-state index is 0.0491. The van der Waals surface area contributed by atoms with Gasteiger partial charge >= 0.3 is 0 Å². The lowest BCUT2D eigenvalue weighted by Crippen LogP contribution is -2.43. The van der Waals surface area contributed by atoms with E-state index >= 15 is 0 Å². The maximum atomic E-state index is 12.7. The molecule has 4 rings (SSSR count). The summed E-state index contributed by atoms with van der Waals surface area (Å²) in [4.78, 5) is 31.5. The minimum Gasteiger partial charge on any atom is -0.323 e. The number of hydrogen-bond donors (Lipinski definition) is 1. The molecule has 0 saturated carbocycles. The average molecular weight is 349 g/mol. The Labute approximate surface area is 149 Å². The summed E-state index contributed by atoms with van der Waals surface area (Å²) in [6, 6.07) is 17.1. The first-order chi connectivity index (χ1) is 12.2. The van der Waals surface area contributed by atoms with Crippen LogP contribution in [0.1, 0.15) is 0 Å². The molecule has 3 aromatic rings. The van der Waals surface area contributed by atoms with E-state index in [0.717, 1.165) is 21.5 Å². The van der Waals surface area contributed by atoms with Crippen LogP contribution in [0, 0.1) is 0 Å². The molecule has 0 radical (unpaired) electrons. The predicted octanol–water partition coefficient (Wildman–Crippen LogP) is 3.31. The summed E-state index contributed by atoms with van der Waals surface area (Å²) in [5.74, 6) is -0.00471. The van der Waals surface area contributed by atoms with Crippen LogP contribution >= 0.6 is 11.8 Å². The van der Waals surface area contributed by atoms with Crippen molar-refractivity contribution in [3.63, 3.8) is 0 Å². The molecule has 0 bridgehead atoms. The fraction of sp³-hybridized carbons (Fsp3) is 0.105. The number of carbonyl (C=O) groups excluding carboxylic acids is 2. The monoisotopic (exact) mass is 349 g/mol. The van der Waals surface area contributed by atoms with Crippen molar-refractivity contribution in [2.75, 3.05) is 22.5 Å². The molecule has 1 aliphatic rings. The van der Waals surface area contributed by atoms with Gasteiger partial charge in [-0.05, 0) is 24.3 Å². The summed E-state index contributed by atoms with van der Waals surface area (Å²) in [7, 11) is 0. The zero-order valence-corrected chi connectivity index (χ0v) is 14.1. The maximum absolute atomic E-state index is 12.7. The highest BCUT2D eigenvalue weighted by Crippen LogP contribution is 2.31. The van der Waals surface area contributed by atoms with E-state index in [4.69, 9.17) is 0 Å². The van der Waals surface area contributed by atoms with Crippen molar-refractivity contribution in [2.24, 2.45) is 0 Å². The highest BCUT2D eigenvalue weighted by Gasteiger charge is 2.26. The topological polar surface area (TPSA) is 62.3 Å². The van der Waals surface area contributed by atoms with Crippen molar-refractivity contribution in [3.8, 4) is 0 Å². The fourth-order valence-electron chi connectivity index (χ4n) is 2.87. The SMILES string of the molecule is O=C1CN(C(=O)CSc2ccnc3ccccc23)c2ccccc2N1. The Morgan fingerprint density at radius 1 is 1.12 bits per heavy atom. The van der Waals surface area contributed by atoms with Crippen molar-refractivity contribution in [1.82, 2.24) is 4.98 Å². The summed E-state index contributed by atoms with van der Waals surface area (Å²) in [6.07, 6.45) is 1.75. The maximum Gasteiger partial charge on any atom is 0.244 e. The van der Waals surface area contributed by atoms with Crippen molar-refractivity contribution in [1.29, 1.82) is 0 Å². The Morgan fingerprint density at radius 2 is 1.92 bits per heavy atom. The molecule has 5 nitrogen and oxygen atoms in total. The van der Waals surface area contributed by atoms with E-state index < -0.39 is 0 Å². The Hall–Kier alpha value is -2.86. The van der Waals surface area contributed by atoms with Crippen LogP contribution in [0.2, 0.25) is 0 Å². The molecule has 25 heavy (non-hydrogen) atoms. The highest BCUT2D eigenvalue weighted by molar-refractivity contribution is 8.00. The normalized spacial score (nSPS) is 13.4. The number of pyridine rings is 1. The lowest BCUT2D eigenvalue weighted by molar-refractivity contribution is -0.120. The van der Waals surface area contributed by atoms with Gasteiger partial charge in [0, 0.05) is 16.5 Å². The molecule has 0 spiro atoms. The van der Waals surface area contributed by atoms with Crippen LogP contribution in [0.15, 0.2) is 65.7 Å². The second-order valence-electron chi connectivity index (χ2n) is 5.66. The van der Waals surface area contributed by atoms with E-state index in [1.165, 1.54) is 11.8 Å². The van der Waals surface area contributed by atoms with Crippen molar-refractivity contribution in [2.45, 2.75) is 4.90 Å². The second-order valence-corrected chi connectivity index (χ2v) is 6.68. The molecule has 0 fully saturated rings. The zero-order chi connectivity index (χ0) is 17.2. The fourth-order valence-corrected chi connectivity index (χ4v) is 3.79. The Kier molecular flexibility index (Phi) is 4.11. The largest absolute Gasteiger partial charge is 0.323 e. The number of rotatable bonds is 3. The number of thioether (sulfide) groups is 1. The van der Waals surface area contributed by atoms with Crippen molar-refractivity contribution in [3.05, 3.63) is 60.8 Å². The van der Waals surface area contributed by atoms with Gasteiger partial charge in [0.25, 0.3) is 0 Å². The predicted molar refractivity (Wildman–Crippen MR) is 99.9 cm³/mol. The van der Waals surface area contributed by atoms with E-state index in [2.05, 4.69) is 10.3 Å². The summed E-state index contributed by atoms with van der Waals surface area (Å²) < 4.78 is 0. The quantitative estimate of drug-likeness (QED) is 0.737. The molecule has 2 heterocycles. The van der Waals surface area contributed by atoms with Gasteiger partial charge in [-0.3, -0.25) is 14.6 Å². The first-order valence-electron chi connectivity index (χ1n) is 7.88. The number of hydrogen-bond acceptors (Lipinski definition) is 4. The number of nitrogens with one attached hydrogen (secondary N) is 1. The van der Waals surface area contributed by atoms with E-state index in [-0.39, 0.29) is 24.1 Å². The highest BCUT2D eigenvalue weighted by atomic mass is 32.2. The summed E-state index contributed by atoms with van der Waals surface area (Å²) >= 11 is 1.46. The van der Waals surface area contributed by atoms with Crippen molar-refractivity contribution >= 4 is 45.9 Å². The number of carbonyl (C=O) groups is 2. The van der Waals surface area contributed by atoms with E-state index in [9.17, 15) is 9.59 Å². The number of aromatic nitrogens is 1. The van der Waals surface area contributed by atoms with Crippen LogP contribution in [0.4, 0.5) is 11.4 Å². The molecule has 2 amide bonds. The van der Waals surface area contributed by atoms with E-state index in [0.29, 0.717) is 5.69 Å². The Balaban J connectivity index is 1.56. The van der Waals surface area contributed by atoms with Crippen LogP contribution < -0.4 is 10.2 Å². The third kappa shape index (κ3) is 3.08. The van der Waals surface area contributed by atoms with Crippen LogP contribution in [0.25, 0.3) is 10.9 Å². The standard InChI is InChI=1S/C19H15N3O2S/c23-18-11-22(16-8-4-3-7-15(16)21-18)19(24)12-25-17-9-10-20-14-6-2-1-5-13(14)17/h1-10H,11-12H2,(H,21,23). The van der Waals surface area contributed by atoms with Gasteiger partial charge in [-0.1, -0.05) is 30.3 Å². The lowest BCUT2D eigenvalue weighted by Gasteiger charge is -2.29. The second kappa shape index (κ2) is 6.57. The average Bonchev–Trinajstić information content (AvgIpc) is 2.65. The lowest BCUT2D eigenvalue weighted by atomic mass is 10.2. The van der Waals surface area contributed by atoms with Gasteiger partial charge in [0.1, 0.15) is 6.54 Å². The first-order valence-corrected chi connectivity index (χ1v) is 8.87. The number of amides is 2. The third-order valence-electron chi connectivity index (χ3n) is 4.03. The number of benzene rings is 2. The molecule has 124 valence electrons. The van der Waals surface area contributed by atoms with Gasteiger partial charge < -0.3 is 10.2 Å². The number of fused-ring (bicyclic) bond motifs is 2. The molecule has 1 N–H and O–H groups in total. The molecule has 0 atom stereocenters. The molecule has 1 aromatic heterocycles. The van der Waals surface area contributed by atoms with Gasteiger partial charge in [0.15, 0.2) is 0 Å². The molecule has 0 aliphatic carbocycles. The molecule has 2 aromatic carbocycles. The first kappa shape index (κ1) is 15.7. The van der Waals surface area contributed by atoms with Gasteiger partial charge in [-0.2, -0.15) is 0 Å². The van der Waals surface area contributed by atoms with Crippen LogP contribution in [0.3, 0.4) is 0 Å². The molecule has 1 aliphatic heterocycles. The molecule has 0 saturated heterocycles. The van der Waals surface area contributed by atoms with Crippen LogP contribution in [-0.4, -0.2) is 29.1 Å². The molecular weight excluding hydrogens is 334 g/mol. The van der Waals surface area contributed by atoms with Crippen molar-refractivity contribution < 1.29 is 9.59 Å². The number of para-hydroxylation sites is 3. The van der Waals surface area contributed by atoms with E-state index in [1.807, 2.05) is 48.5 Å². The molecule has 6 heteroatoms. The van der Waals surface area contributed by atoms with Gasteiger partial charge in [-0.25, -0.2) is 0 Å². The Morgan fingerprint density at radius 3 is 2.84 bits per heavy atom. The minimum atomic E-state index is -0.175. The van der Waals surface area contributed by atoms with Crippen LogP contribution in [-0.2, 0) is 9.59 Å². The number of anilines is 2. The summed E-state index contributed by atoms with van der Waals surface area (Å²) in [6.45, 7) is 0.0491. The number of nitrogens with zero attached hydrogens (tertiary/aromatic N) is 2.